The van der Waals surface area contributed by atoms with Crippen molar-refractivity contribution in [2.75, 3.05) is 24.5 Å². The third-order valence-corrected chi connectivity index (χ3v) is 6.11. The molecule has 0 radical (unpaired) electrons. The number of hydrogen-bond acceptors (Lipinski definition) is 6. The van der Waals surface area contributed by atoms with E-state index in [1.54, 1.807) is 30.0 Å². The molecule has 1 amide bonds. The molecule has 1 aromatic heterocycles. The van der Waals surface area contributed by atoms with Gasteiger partial charge in [0.15, 0.2) is 10.7 Å². The van der Waals surface area contributed by atoms with E-state index in [4.69, 9.17) is 9.26 Å². The maximum absolute atomic E-state index is 12.9. The van der Waals surface area contributed by atoms with Crippen LogP contribution in [0.4, 0.5) is 5.69 Å². The van der Waals surface area contributed by atoms with Crippen molar-refractivity contribution < 1.29 is 22.5 Å². The Morgan fingerprint density at radius 1 is 1.30 bits per heavy atom. The number of amides is 1. The Labute approximate surface area is 158 Å². The van der Waals surface area contributed by atoms with E-state index in [9.17, 15) is 13.2 Å². The summed E-state index contributed by atoms with van der Waals surface area (Å²) in [7, 11) is -3.87. The van der Waals surface area contributed by atoms with E-state index in [1.807, 2.05) is 13.8 Å². The molecule has 1 aliphatic rings. The molecular weight excluding hydrogens is 370 g/mol. The lowest BCUT2D eigenvalue weighted by atomic mass is 10.0. The topological polar surface area (TPSA) is 102 Å². The number of hydrogen-bond donors (Lipinski definition) is 1. The number of anilines is 1. The van der Waals surface area contributed by atoms with Crippen LogP contribution in [0.5, 0.6) is 0 Å². The normalized spacial score (nSPS) is 17.0. The van der Waals surface area contributed by atoms with Crippen molar-refractivity contribution in [2.24, 2.45) is 0 Å². The Morgan fingerprint density at radius 2 is 2.04 bits per heavy atom. The fraction of sp³-hybridized carbons (Fsp3) is 0.444. The molecule has 1 aliphatic heterocycles. The predicted molar refractivity (Wildman–Crippen MR) is 99.2 cm³/mol. The quantitative estimate of drug-likeness (QED) is 0.855. The van der Waals surface area contributed by atoms with Gasteiger partial charge in [-0.3, -0.25) is 9.52 Å². The number of carbonyl (C=O) groups excluding carboxylic acids is 1. The molecule has 0 atom stereocenters. The van der Waals surface area contributed by atoms with Crippen LogP contribution in [0.2, 0.25) is 0 Å². The number of aromatic nitrogens is 1. The molecule has 1 aromatic carbocycles. The number of ether oxygens (including phenoxy) is 1. The highest BCUT2D eigenvalue weighted by atomic mass is 32.2. The average Bonchev–Trinajstić information content (AvgIpc) is 2.93. The van der Waals surface area contributed by atoms with Gasteiger partial charge < -0.3 is 14.2 Å². The summed E-state index contributed by atoms with van der Waals surface area (Å²) >= 11 is 0. The summed E-state index contributed by atoms with van der Waals surface area (Å²) in [5.74, 6) is 0.0454. The zero-order valence-corrected chi connectivity index (χ0v) is 16.6. The molecule has 9 heteroatoms. The van der Waals surface area contributed by atoms with Gasteiger partial charge in [-0.05, 0) is 45.9 Å². The molecule has 0 saturated carbocycles. The molecule has 8 nitrogen and oxygen atoms in total. The van der Waals surface area contributed by atoms with E-state index >= 15 is 0 Å². The summed E-state index contributed by atoms with van der Waals surface area (Å²) in [6.45, 7) is 8.40. The number of benzene rings is 1. The maximum atomic E-state index is 12.9. The molecule has 27 heavy (non-hydrogen) atoms. The van der Waals surface area contributed by atoms with Crippen LogP contribution in [0.3, 0.4) is 0 Å². The Morgan fingerprint density at radius 3 is 2.67 bits per heavy atom. The molecular formula is C18H23N3O5S. The Balaban J connectivity index is 1.87. The molecule has 2 heterocycles. The second kappa shape index (κ2) is 6.97. The second-order valence-electron chi connectivity index (χ2n) is 7.16. The van der Waals surface area contributed by atoms with Crippen molar-refractivity contribution in [3.63, 3.8) is 0 Å². The van der Waals surface area contributed by atoms with Crippen molar-refractivity contribution in [3.05, 3.63) is 41.3 Å². The third-order valence-electron chi connectivity index (χ3n) is 4.49. The molecule has 1 saturated heterocycles. The highest BCUT2D eigenvalue weighted by Gasteiger charge is 2.34. The van der Waals surface area contributed by atoms with Crippen LogP contribution in [-0.4, -0.2) is 49.7 Å². The van der Waals surface area contributed by atoms with Crippen LogP contribution in [0.1, 0.15) is 35.7 Å². The SMILES string of the molecule is Cc1noc(C)c1S(=O)(=O)Nc1cccc(C(=O)N2CCOCC2(C)C)c1. The summed E-state index contributed by atoms with van der Waals surface area (Å²) in [5, 5.41) is 3.68. The number of nitrogens with zero attached hydrogens (tertiary/aromatic N) is 2. The molecule has 146 valence electrons. The lowest BCUT2D eigenvalue weighted by Crippen LogP contribution is -2.55. The molecule has 2 aromatic rings. The lowest BCUT2D eigenvalue weighted by molar-refractivity contribution is -0.0370. The number of aryl methyl sites for hydroxylation is 2. The molecule has 1 N–H and O–H groups in total. The first kappa shape index (κ1) is 19.4. The summed E-state index contributed by atoms with van der Waals surface area (Å²) < 4.78 is 38.2. The zero-order valence-electron chi connectivity index (χ0n) is 15.8. The number of rotatable bonds is 4. The minimum Gasteiger partial charge on any atom is -0.377 e. The van der Waals surface area contributed by atoms with E-state index in [0.717, 1.165) is 0 Å². The summed E-state index contributed by atoms with van der Waals surface area (Å²) in [6, 6.07) is 6.44. The van der Waals surface area contributed by atoms with Crippen molar-refractivity contribution in [1.29, 1.82) is 0 Å². The van der Waals surface area contributed by atoms with Gasteiger partial charge in [-0.2, -0.15) is 0 Å². The summed E-state index contributed by atoms with van der Waals surface area (Å²) in [5.41, 5.74) is 0.555. The van der Waals surface area contributed by atoms with E-state index in [2.05, 4.69) is 9.88 Å². The first-order valence-corrected chi connectivity index (χ1v) is 10.1. The minimum absolute atomic E-state index is 0.00791. The van der Waals surface area contributed by atoms with Gasteiger partial charge in [-0.15, -0.1) is 0 Å². The van der Waals surface area contributed by atoms with Crippen LogP contribution >= 0.6 is 0 Å². The number of sulfonamides is 1. The average molecular weight is 393 g/mol. The van der Waals surface area contributed by atoms with Crippen molar-refractivity contribution in [1.82, 2.24) is 10.1 Å². The lowest BCUT2D eigenvalue weighted by Gasteiger charge is -2.42. The van der Waals surface area contributed by atoms with Crippen LogP contribution in [0.15, 0.2) is 33.7 Å². The maximum Gasteiger partial charge on any atom is 0.267 e. The number of carbonyl (C=O) groups is 1. The van der Waals surface area contributed by atoms with Crippen LogP contribution < -0.4 is 4.72 Å². The van der Waals surface area contributed by atoms with Crippen molar-refractivity contribution in [3.8, 4) is 0 Å². The molecule has 0 spiro atoms. The van der Waals surface area contributed by atoms with Gasteiger partial charge in [0.25, 0.3) is 15.9 Å². The number of morpholine rings is 1. The summed E-state index contributed by atoms with van der Waals surface area (Å²) in [6.07, 6.45) is 0. The minimum atomic E-state index is -3.87. The second-order valence-corrected chi connectivity index (χ2v) is 8.78. The highest BCUT2D eigenvalue weighted by Crippen LogP contribution is 2.25. The first-order valence-electron chi connectivity index (χ1n) is 8.57. The van der Waals surface area contributed by atoms with Gasteiger partial charge >= 0.3 is 0 Å². The van der Waals surface area contributed by atoms with Crippen LogP contribution in [-0.2, 0) is 14.8 Å². The van der Waals surface area contributed by atoms with E-state index < -0.39 is 15.6 Å². The van der Waals surface area contributed by atoms with Crippen molar-refractivity contribution >= 4 is 21.6 Å². The Bertz CT molecular complexity index is 946. The third kappa shape index (κ3) is 3.84. The van der Waals surface area contributed by atoms with E-state index in [0.29, 0.717) is 31.0 Å². The fourth-order valence-corrected chi connectivity index (χ4v) is 4.55. The largest absolute Gasteiger partial charge is 0.377 e. The van der Waals surface area contributed by atoms with Gasteiger partial charge in [-0.1, -0.05) is 11.2 Å². The van der Waals surface area contributed by atoms with Gasteiger partial charge in [0.1, 0.15) is 5.69 Å². The molecule has 1 fully saturated rings. The fourth-order valence-electron chi connectivity index (χ4n) is 3.17. The molecule has 0 aliphatic carbocycles. The highest BCUT2D eigenvalue weighted by molar-refractivity contribution is 7.92. The standard InChI is InChI=1S/C18H23N3O5S/c1-12-16(13(2)26-19-12)27(23,24)20-15-7-5-6-14(10-15)17(22)21-8-9-25-11-18(21,3)4/h5-7,10,20H,8-9,11H2,1-4H3. The van der Waals surface area contributed by atoms with Gasteiger partial charge in [-0.25, -0.2) is 8.42 Å². The number of nitrogens with one attached hydrogen (secondary N) is 1. The monoisotopic (exact) mass is 393 g/mol. The van der Waals surface area contributed by atoms with Gasteiger partial charge in [0.05, 0.1) is 18.8 Å². The van der Waals surface area contributed by atoms with E-state index in [1.165, 1.54) is 13.0 Å². The van der Waals surface area contributed by atoms with Crippen molar-refractivity contribution in [2.45, 2.75) is 38.1 Å². The predicted octanol–water partition coefficient (Wildman–Crippen LogP) is 2.34. The molecule has 0 bridgehead atoms. The Hall–Kier alpha value is -2.39. The molecule has 0 unspecified atom stereocenters. The van der Waals surface area contributed by atoms with Crippen LogP contribution in [0.25, 0.3) is 0 Å². The Kier molecular flexibility index (Phi) is 5.00. The van der Waals surface area contributed by atoms with E-state index in [-0.39, 0.29) is 22.3 Å². The molecule has 3 rings (SSSR count). The smallest absolute Gasteiger partial charge is 0.267 e. The van der Waals surface area contributed by atoms with Gasteiger partial charge in [0, 0.05) is 17.8 Å². The zero-order chi connectivity index (χ0) is 19.8. The first-order chi connectivity index (χ1) is 12.6. The summed E-state index contributed by atoms with van der Waals surface area (Å²) in [4.78, 5) is 14.7. The van der Waals surface area contributed by atoms with Crippen LogP contribution in [0, 0.1) is 13.8 Å². The van der Waals surface area contributed by atoms with Gasteiger partial charge in [0.2, 0.25) is 0 Å².